The first-order valence-electron chi connectivity index (χ1n) is 8.13. The van der Waals surface area contributed by atoms with E-state index >= 15 is 0 Å². The highest BCUT2D eigenvalue weighted by Crippen LogP contribution is 2.41. The molecule has 0 bridgehead atoms. The molecule has 2 N–H and O–H groups in total. The molecule has 1 unspecified atom stereocenters. The molecular formula is C17H30ClN3. The summed E-state index contributed by atoms with van der Waals surface area (Å²) >= 11 is 6.32. The van der Waals surface area contributed by atoms with Crippen LogP contribution in [0.1, 0.15) is 57.7 Å². The van der Waals surface area contributed by atoms with Crippen molar-refractivity contribution in [2.45, 2.75) is 65.8 Å². The zero-order chi connectivity index (χ0) is 15.8. The number of rotatable bonds is 3. The molecule has 0 spiro atoms. The van der Waals surface area contributed by atoms with Crippen molar-refractivity contribution >= 4 is 11.6 Å². The lowest BCUT2D eigenvalue weighted by Gasteiger charge is -2.38. The Labute approximate surface area is 134 Å². The quantitative estimate of drug-likeness (QED) is 0.913. The largest absolute Gasteiger partial charge is 0.327 e. The third kappa shape index (κ3) is 3.81. The van der Waals surface area contributed by atoms with Gasteiger partial charge in [0.15, 0.2) is 0 Å². The number of halogens is 1. The van der Waals surface area contributed by atoms with Gasteiger partial charge in [-0.05, 0) is 56.3 Å². The Bertz CT molecular complexity index is 479. The Morgan fingerprint density at radius 2 is 1.86 bits per heavy atom. The molecule has 1 saturated carbocycles. The summed E-state index contributed by atoms with van der Waals surface area (Å²) in [6, 6.07) is 0.200. The van der Waals surface area contributed by atoms with E-state index in [1.54, 1.807) is 4.68 Å². The van der Waals surface area contributed by atoms with E-state index in [9.17, 15) is 0 Å². The Morgan fingerprint density at radius 1 is 1.29 bits per heavy atom. The third-order valence-corrected chi connectivity index (χ3v) is 5.78. The number of nitrogens with zero attached hydrogens (tertiary/aromatic N) is 2. The Morgan fingerprint density at radius 3 is 2.29 bits per heavy atom. The van der Waals surface area contributed by atoms with Gasteiger partial charge in [-0.15, -0.1) is 0 Å². The van der Waals surface area contributed by atoms with Crippen molar-refractivity contribution in [3.05, 3.63) is 16.4 Å². The van der Waals surface area contributed by atoms with Gasteiger partial charge in [0.2, 0.25) is 0 Å². The van der Waals surface area contributed by atoms with E-state index in [1.807, 2.05) is 14.0 Å². The molecule has 1 heterocycles. The van der Waals surface area contributed by atoms with Crippen molar-refractivity contribution in [3.8, 4) is 0 Å². The minimum absolute atomic E-state index is 0.200. The molecule has 21 heavy (non-hydrogen) atoms. The summed E-state index contributed by atoms with van der Waals surface area (Å²) in [7, 11) is 1.89. The molecule has 120 valence electrons. The molecule has 0 aliphatic heterocycles. The first-order valence-corrected chi connectivity index (χ1v) is 8.51. The van der Waals surface area contributed by atoms with Crippen LogP contribution >= 0.6 is 11.6 Å². The monoisotopic (exact) mass is 311 g/mol. The van der Waals surface area contributed by atoms with Gasteiger partial charge in [0, 0.05) is 18.7 Å². The van der Waals surface area contributed by atoms with E-state index in [2.05, 4.69) is 25.9 Å². The minimum atomic E-state index is 0.200. The van der Waals surface area contributed by atoms with Crippen LogP contribution in [-0.4, -0.2) is 15.8 Å². The van der Waals surface area contributed by atoms with Gasteiger partial charge in [-0.1, -0.05) is 32.4 Å². The Hall–Kier alpha value is -0.540. The highest BCUT2D eigenvalue weighted by molar-refractivity contribution is 6.30. The second kappa shape index (κ2) is 6.29. The molecule has 3 nitrogen and oxygen atoms in total. The fraction of sp³-hybridized carbons (Fsp3) is 0.824. The average Bonchev–Trinajstić information content (AvgIpc) is 2.64. The van der Waals surface area contributed by atoms with Gasteiger partial charge in [-0.2, -0.15) is 5.10 Å². The SMILES string of the molecule is Cc1nn(C)c(Cl)c1CC(N)C1CCC(C(C)(C)C)CC1. The fourth-order valence-electron chi connectivity index (χ4n) is 3.72. The van der Waals surface area contributed by atoms with Crippen LogP contribution in [-0.2, 0) is 13.5 Å². The van der Waals surface area contributed by atoms with Crippen molar-refractivity contribution in [3.63, 3.8) is 0 Å². The number of nitrogens with two attached hydrogens (primary N) is 1. The molecule has 2 rings (SSSR count). The molecule has 1 aliphatic carbocycles. The molecule has 0 radical (unpaired) electrons. The van der Waals surface area contributed by atoms with Crippen LogP contribution in [0.3, 0.4) is 0 Å². The number of aryl methyl sites for hydroxylation is 2. The summed E-state index contributed by atoms with van der Waals surface area (Å²) in [6.07, 6.45) is 5.96. The fourth-order valence-corrected chi connectivity index (χ4v) is 3.97. The van der Waals surface area contributed by atoms with Crippen molar-refractivity contribution in [2.24, 2.45) is 30.0 Å². The predicted octanol–water partition coefficient (Wildman–Crippen LogP) is 4.10. The maximum Gasteiger partial charge on any atom is 0.130 e. The second-order valence-corrected chi connectivity index (χ2v) is 8.18. The van der Waals surface area contributed by atoms with E-state index in [1.165, 1.54) is 25.7 Å². The zero-order valence-corrected chi connectivity index (χ0v) is 14.9. The zero-order valence-electron chi connectivity index (χ0n) is 14.1. The molecule has 1 aliphatic rings. The van der Waals surface area contributed by atoms with E-state index in [0.717, 1.165) is 28.7 Å². The van der Waals surface area contributed by atoms with Gasteiger partial charge >= 0.3 is 0 Å². The van der Waals surface area contributed by atoms with Gasteiger partial charge in [-0.25, -0.2) is 0 Å². The topological polar surface area (TPSA) is 43.8 Å². The van der Waals surface area contributed by atoms with E-state index in [-0.39, 0.29) is 6.04 Å². The molecule has 1 aromatic rings. The van der Waals surface area contributed by atoms with Crippen LogP contribution in [0.25, 0.3) is 0 Å². The molecule has 0 saturated heterocycles. The summed E-state index contributed by atoms with van der Waals surface area (Å²) in [5.74, 6) is 1.46. The van der Waals surface area contributed by atoms with E-state index < -0.39 is 0 Å². The average molecular weight is 312 g/mol. The van der Waals surface area contributed by atoms with Crippen molar-refractivity contribution in [2.75, 3.05) is 0 Å². The molecule has 1 atom stereocenters. The molecule has 1 aromatic heterocycles. The number of hydrogen-bond donors (Lipinski definition) is 1. The second-order valence-electron chi connectivity index (χ2n) is 7.82. The van der Waals surface area contributed by atoms with Gasteiger partial charge in [0.1, 0.15) is 5.15 Å². The minimum Gasteiger partial charge on any atom is -0.327 e. The summed E-state index contributed by atoms with van der Waals surface area (Å²) in [5, 5.41) is 5.12. The van der Waals surface area contributed by atoms with Gasteiger partial charge in [0.25, 0.3) is 0 Å². The van der Waals surface area contributed by atoms with Crippen molar-refractivity contribution in [1.82, 2.24) is 9.78 Å². The van der Waals surface area contributed by atoms with Crippen LogP contribution in [0.4, 0.5) is 0 Å². The highest BCUT2D eigenvalue weighted by Gasteiger charge is 2.32. The van der Waals surface area contributed by atoms with Crippen molar-refractivity contribution < 1.29 is 0 Å². The summed E-state index contributed by atoms with van der Waals surface area (Å²) in [5.41, 5.74) is 9.06. The van der Waals surface area contributed by atoms with E-state index in [4.69, 9.17) is 17.3 Å². The first-order chi connectivity index (χ1) is 9.70. The maximum absolute atomic E-state index is 6.49. The van der Waals surface area contributed by atoms with E-state index in [0.29, 0.717) is 11.3 Å². The Balaban J connectivity index is 1.95. The normalized spacial score (nSPS) is 25.1. The van der Waals surface area contributed by atoms with Crippen molar-refractivity contribution in [1.29, 1.82) is 0 Å². The summed E-state index contributed by atoms with van der Waals surface area (Å²) in [4.78, 5) is 0. The van der Waals surface area contributed by atoms with Gasteiger partial charge in [-0.3, -0.25) is 4.68 Å². The molecule has 1 fully saturated rings. The highest BCUT2D eigenvalue weighted by atomic mass is 35.5. The standard InChI is InChI=1S/C17H30ClN3/c1-11-14(16(18)21(5)20-11)10-15(19)12-6-8-13(9-7-12)17(2,3)4/h12-13,15H,6-10,19H2,1-5H3. The summed E-state index contributed by atoms with van der Waals surface area (Å²) < 4.78 is 1.75. The smallest absolute Gasteiger partial charge is 0.130 e. The molecule has 0 aromatic carbocycles. The maximum atomic E-state index is 6.49. The van der Waals surface area contributed by atoms with Crippen LogP contribution in [0.5, 0.6) is 0 Å². The Kier molecular flexibility index (Phi) is 5.04. The number of aromatic nitrogens is 2. The van der Waals surface area contributed by atoms with Crippen LogP contribution in [0.2, 0.25) is 5.15 Å². The third-order valence-electron chi connectivity index (χ3n) is 5.31. The van der Waals surface area contributed by atoms with Gasteiger partial charge in [0.05, 0.1) is 5.69 Å². The molecule has 0 amide bonds. The molecule has 4 heteroatoms. The number of hydrogen-bond acceptors (Lipinski definition) is 2. The van der Waals surface area contributed by atoms with Crippen LogP contribution in [0, 0.1) is 24.2 Å². The summed E-state index contributed by atoms with van der Waals surface area (Å²) in [6.45, 7) is 9.09. The lowest BCUT2D eigenvalue weighted by Crippen LogP contribution is -2.37. The van der Waals surface area contributed by atoms with Crippen LogP contribution in [0.15, 0.2) is 0 Å². The van der Waals surface area contributed by atoms with Crippen LogP contribution < -0.4 is 5.73 Å². The lowest BCUT2D eigenvalue weighted by atomic mass is 9.68. The molecular weight excluding hydrogens is 282 g/mol. The lowest BCUT2D eigenvalue weighted by molar-refractivity contribution is 0.139. The predicted molar refractivity (Wildman–Crippen MR) is 89.5 cm³/mol. The first kappa shape index (κ1) is 16.8. The van der Waals surface area contributed by atoms with Gasteiger partial charge < -0.3 is 5.73 Å².